The van der Waals surface area contributed by atoms with Crippen molar-refractivity contribution < 1.29 is 0 Å². The second kappa shape index (κ2) is 6.97. The molecule has 2 aromatic heterocycles. The molecule has 2 aromatic rings. The third-order valence-corrected chi connectivity index (χ3v) is 3.81. The van der Waals surface area contributed by atoms with Crippen LogP contribution in [0.5, 0.6) is 0 Å². The summed E-state index contributed by atoms with van der Waals surface area (Å²) < 4.78 is 2.94. The molecule has 0 aromatic carbocycles. The van der Waals surface area contributed by atoms with Gasteiger partial charge in [-0.05, 0) is 32.5 Å². The summed E-state index contributed by atoms with van der Waals surface area (Å²) in [6.07, 6.45) is 3.54. The summed E-state index contributed by atoms with van der Waals surface area (Å²) >= 11 is 11.3. The Hall–Kier alpha value is -1.80. The summed E-state index contributed by atoms with van der Waals surface area (Å²) in [5, 5.41) is 15.4. The molecule has 0 spiro atoms. The lowest BCUT2D eigenvalue weighted by molar-refractivity contribution is 0.569. The number of hydrogen-bond acceptors (Lipinski definition) is 5. The van der Waals surface area contributed by atoms with Crippen molar-refractivity contribution in [2.24, 2.45) is 5.10 Å². The van der Waals surface area contributed by atoms with Gasteiger partial charge >= 0.3 is 0 Å². The minimum absolute atomic E-state index is 0.124. The Morgan fingerprint density at radius 1 is 1.41 bits per heavy atom. The van der Waals surface area contributed by atoms with Gasteiger partial charge in [0.15, 0.2) is 0 Å². The van der Waals surface area contributed by atoms with Crippen molar-refractivity contribution in [3.63, 3.8) is 0 Å². The van der Waals surface area contributed by atoms with Crippen molar-refractivity contribution >= 4 is 30.0 Å². The van der Waals surface area contributed by atoms with Gasteiger partial charge in [-0.15, -0.1) is 0 Å². The van der Waals surface area contributed by atoms with Gasteiger partial charge in [0.05, 0.1) is 17.5 Å². The Morgan fingerprint density at radius 2 is 2.14 bits per heavy atom. The normalized spacial score (nSPS) is 11.5. The zero-order valence-electron chi connectivity index (χ0n) is 12.6. The maximum Gasteiger partial charge on any atom is 0.296 e. The molecule has 1 N–H and O–H groups in total. The van der Waals surface area contributed by atoms with Crippen LogP contribution in [-0.4, -0.2) is 30.9 Å². The SMILES string of the molecule is CCCCn1nc(C)c(/C=N/n2c(=S)[nH]nc(C)c2=O)c1Cl. The van der Waals surface area contributed by atoms with E-state index < -0.39 is 0 Å². The average Bonchev–Trinajstić information content (AvgIpc) is 2.76. The molecule has 2 rings (SSSR count). The second-order valence-corrected chi connectivity index (χ2v) is 5.59. The molecule has 0 aliphatic carbocycles. The molecule has 118 valence electrons. The van der Waals surface area contributed by atoms with Crippen LogP contribution in [0.3, 0.4) is 0 Å². The first-order chi connectivity index (χ1) is 10.5. The minimum atomic E-state index is -0.368. The number of hydrogen-bond donors (Lipinski definition) is 1. The fourth-order valence-corrected chi connectivity index (χ4v) is 2.35. The monoisotopic (exact) mass is 340 g/mol. The standard InChI is InChI=1S/C13H17ClN6OS/c1-4-5-6-19-11(14)10(8(2)18-19)7-15-20-12(21)9(3)16-17-13(20)22/h7H,4-6H2,1-3H3,(H,17,22)/b15-7+. The lowest BCUT2D eigenvalue weighted by atomic mass is 10.3. The molecule has 0 radical (unpaired) electrons. The molecule has 7 nitrogen and oxygen atoms in total. The number of rotatable bonds is 5. The van der Waals surface area contributed by atoms with Crippen LogP contribution in [0.1, 0.15) is 36.7 Å². The summed E-state index contributed by atoms with van der Waals surface area (Å²) in [5.41, 5.74) is 1.34. The maximum absolute atomic E-state index is 12.0. The number of aromatic nitrogens is 5. The smallest absolute Gasteiger partial charge is 0.265 e. The summed E-state index contributed by atoms with van der Waals surface area (Å²) in [4.78, 5) is 12.0. The first kappa shape index (κ1) is 16.6. The predicted molar refractivity (Wildman–Crippen MR) is 88.3 cm³/mol. The van der Waals surface area contributed by atoms with E-state index in [-0.39, 0.29) is 16.0 Å². The lowest BCUT2D eigenvalue weighted by Gasteiger charge is -2.01. The van der Waals surface area contributed by atoms with E-state index in [4.69, 9.17) is 23.8 Å². The maximum atomic E-state index is 12.0. The Kier molecular flexibility index (Phi) is 5.25. The van der Waals surface area contributed by atoms with Crippen molar-refractivity contribution in [2.45, 2.75) is 40.2 Å². The number of aryl methyl sites for hydroxylation is 3. The Balaban J connectivity index is 2.40. The predicted octanol–water partition coefficient (Wildman–Crippen LogP) is 2.45. The molecule has 9 heteroatoms. The van der Waals surface area contributed by atoms with E-state index >= 15 is 0 Å². The van der Waals surface area contributed by atoms with Crippen LogP contribution in [0.2, 0.25) is 5.15 Å². The molecule has 0 amide bonds. The van der Waals surface area contributed by atoms with Crippen molar-refractivity contribution in [2.75, 3.05) is 0 Å². The first-order valence-electron chi connectivity index (χ1n) is 6.91. The summed E-state index contributed by atoms with van der Waals surface area (Å²) in [7, 11) is 0. The summed E-state index contributed by atoms with van der Waals surface area (Å²) in [5.74, 6) is 0. The molecule has 0 fully saturated rings. The van der Waals surface area contributed by atoms with E-state index in [2.05, 4.69) is 27.3 Å². The third kappa shape index (κ3) is 3.33. The topological polar surface area (TPSA) is 80.9 Å². The highest BCUT2D eigenvalue weighted by Crippen LogP contribution is 2.18. The van der Waals surface area contributed by atoms with Gasteiger partial charge in [0.1, 0.15) is 10.8 Å². The van der Waals surface area contributed by atoms with Crippen LogP contribution >= 0.6 is 23.8 Å². The number of aromatic amines is 1. The Morgan fingerprint density at radius 3 is 2.82 bits per heavy atom. The zero-order chi connectivity index (χ0) is 16.3. The first-order valence-corrected chi connectivity index (χ1v) is 7.70. The van der Waals surface area contributed by atoms with E-state index in [1.54, 1.807) is 11.6 Å². The molecule has 0 saturated heterocycles. The van der Waals surface area contributed by atoms with E-state index in [9.17, 15) is 4.79 Å². The minimum Gasteiger partial charge on any atom is -0.265 e. The molecule has 0 aliphatic heterocycles. The molecule has 0 saturated carbocycles. The second-order valence-electron chi connectivity index (χ2n) is 4.84. The van der Waals surface area contributed by atoms with Crippen LogP contribution < -0.4 is 5.56 Å². The fraction of sp³-hybridized carbons (Fsp3) is 0.462. The fourth-order valence-electron chi connectivity index (χ4n) is 1.86. The van der Waals surface area contributed by atoms with Gasteiger partial charge < -0.3 is 0 Å². The van der Waals surface area contributed by atoms with Crippen molar-refractivity contribution in [1.29, 1.82) is 0 Å². The molecule has 0 aliphatic rings. The van der Waals surface area contributed by atoms with E-state index in [0.29, 0.717) is 10.7 Å². The Labute approximate surface area is 137 Å². The van der Waals surface area contributed by atoms with Gasteiger partial charge in [-0.25, -0.2) is 0 Å². The number of nitrogens with one attached hydrogen (secondary N) is 1. The van der Waals surface area contributed by atoms with Crippen LogP contribution in [0.25, 0.3) is 0 Å². The molecular formula is C13H17ClN6OS. The third-order valence-electron chi connectivity index (χ3n) is 3.15. The van der Waals surface area contributed by atoms with E-state index in [0.717, 1.165) is 29.8 Å². The average molecular weight is 341 g/mol. The highest BCUT2D eigenvalue weighted by Gasteiger charge is 2.11. The van der Waals surface area contributed by atoms with Crippen LogP contribution in [0, 0.1) is 18.6 Å². The van der Waals surface area contributed by atoms with E-state index in [1.807, 2.05) is 6.92 Å². The number of halogens is 1. The van der Waals surface area contributed by atoms with Crippen molar-refractivity contribution in [3.05, 3.63) is 37.2 Å². The van der Waals surface area contributed by atoms with Crippen molar-refractivity contribution in [3.8, 4) is 0 Å². The number of H-pyrrole nitrogens is 1. The van der Waals surface area contributed by atoms with Crippen LogP contribution in [-0.2, 0) is 6.54 Å². The Bertz CT molecular complexity index is 819. The van der Waals surface area contributed by atoms with Gasteiger partial charge in [0.2, 0.25) is 4.77 Å². The molecule has 22 heavy (non-hydrogen) atoms. The van der Waals surface area contributed by atoms with Crippen molar-refractivity contribution in [1.82, 2.24) is 24.7 Å². The molecule has 0 unspecified atom stereocenters. The number of unbranched alkanes of at least 4 members (excludes halogenated alkanes) is 1. The molecule has 0 bridgehead atoms. The zero-order valence-corrected chi connectivity index (χ0v) is 14.2. The summed E-state index contributed by atoms with van der Waals surface area (Å²) in [6.45, 7) is 6.28. The highest BCUT2D eigenvalue weighted by atomic mass is 35.5. The largest absolute Gasteiger partial charge is 0.296 e. The van der Waals surface area contributed by atoms with Gasteiger partial charge in [0.25, 0.3) is 5.56 Å². The van der Waals surface area contributed by atoms with E-state index in [1.165, 1.54) is 6.21 Å². The molecular weight excluding hydrogens is 324 g/mol. The van der Waals surface area contributed by atoms with Gasteiger partial charge in [0, 0.05) is 6.54 Å². The molecule has 2 heterocycles. The van der Waals surface area contributed by atoms with Crippen LogP contribution in [0.15, 0.2) is 9.90 Å². The van der Waals surface area contributed by atoms with Gasteiger partial charge in [-0.1, -0.05) is 24.9 Å². The van der Waals surface area contributed by atoms with Crippen LogP contribution in [0.4, 0.5) is 0 Å². The number of nitrogens with zero attached hydrogens (tertiary/aromatic N) is 5. The quantitative estimate of drug-likeness (QED) is 0.669. The highest BCUT2D eigenvalue weighted by molar-refractivity contribution is 7.71. The molecule has 0 atom stereocenters. The summed E-state index contributed by atoms with van der Waals surface area (Å²) in [6, 6.07) is 0. The van der Waals surface area contributed by atoms with Gasteiger partial charge in [-0.3, -0.25) is 14.6 Å². The van der Waals surface area contributed by atoms with Gasteiger partial charge in [-0.2, -0.15) is 20.0 Å². The lowest BCUT2D eigenvalue weighted by Crippen LogP contribution is -2.22.